The van der Waals surface area contributed by atoms with Crippen molar-refractivity contribution < 1.29 is 17.5 Å². The molecule has 1 saturated heterocycles. The number of halogens is 2. The molecule has 2 N–H and O–H groups in total. The van der Waals surface area contributed by atoms with Gasteiger partial charge in [0.15, 0.2) is 11.9 Å². The molecular weight excluding hydrogens is 309 g/mol. The van der Waals surface area contributed by atoms with Crippen molar-refractivity contribution in [1.29, 1.82) is 5.26 Å². The molecule has 1 heterocycles. The third-order valence-corrected chi connectivity index (χ3v) is 4.91. The Labute approximate surface area is 120 Å². The molecule has 9 heteroatoms. The average molecular weight is 320 g/mol. The Kier molecular flexibility index (Phi) is 4.15. The summed E-state index contributed by atoms with van der Waals surface area (Å²) in [5.41, 5.74) is 5.04. The van der Waals surface area contributed by atoms with Gasteiger partial charge in [0.2, 0.25) is 10.0 Å². The number of morpholine rings is 1. The number of nitrogens with zero attached hydrogens (tertiary/aromatic N) is 2. The number of anilines is 1. The fraction of sp³-hybridized carbons (Fsp3) is 0.364. The van der Waals surface area contributed by atoms with Gasteiger partial charge >= 0.3 is 0 Å². The van der Waals surface area contributed by atoms with Gasteiger partial charge in [-0.15, -0.1) is 0 Å². The van der Waals surface area contributed by atoms with Crippen LogP contribution in [0.2, 0.25) is 5.02 Å². The molecule has 1 aliphatic rings. The molecule has 20 heavy (non-hydrogen) atoms. The van der Waals surface area contributed by atoms with Gasteiger partial charge in [0, 0.05) is 11.6 Å². The van der Waals surface area contributed by atoms with E-state index in [4.69, 9.17) is 27.3 Å². The summed E-state index contributed by atoms with van der Waals surface area (Å²) < 4.78 is 44.7. The van der Waals surface area contributed by atoms with E-state index < -0.39 is 26.8 Å². The molecular formula is C11H11ClFN3O3S. The number of benzene rings is 1. The number of ether oxygens (including phenoxy) is 1. The molecule has 0 aromatic heterocycles. The van der Waals surface area contributed by atoms with Gasteiger partial charge in [0.05, 0.1) is 24.9 Å². The Balaban J connectivity index is 2.43. The molecule has 1 aromatic carbocycles. The molecule has 1 fully saturated rings. The highest BCUT2D eigenvalue weighted by molar-refractivity contribution is 7.89. The second-order valence-electron chi connectivity index (χ2n) is 4.16. The number of rotatable bonds is 2. The van der Waals surface area contributed by atoms with E-state index in [0.717, 1.165) is 16.4 Å². The Bertz CT molecular complexity index is 674. The van der Waals surface area contributed by atoms with Crippen LogP contribution in [0.15, 0.2) is 17.0 Å². The minimum Gasteiger partial charge on any atom is -0.396 e. The molecule has 6 nitrogen and oxygen atoms in total. The SMILES string of the molecule is N#CC1CN(S(=O)(=O)c2cc(Cl)cc(N)c2F)CCO1. The minimum absolute atomic E-state index is 0.0209. The van der Waals surface area contributed by atoms with Crippen molar-refractivity contribution in [2.24, 2.45) is 0 Å². The first-order chi connectivity index (χ1) is 9.36. The largest absolute Gasteiger partial charge is 0.396 e. The van der Waals surface area contributed by atoms with Crippen LogP contribution in [0, 0.1) is 17.1 Å². The number of sulfonamides is 1. The summed E-state index contributed by atoms with van der Waals surface area (Å²) in [6, 6.07) is 3.95. The summed E-state index contributed by atoms with van der Waals surface area (Å²) in [6.45, 7) is -0.0633. The normalized spacial score (nSPS) is 20.6. The first-order valence-corrected chi connectivity index (χ1v) is 7.44. The molecule has 0 spiro atoms. The predicted molar refractivity (Wildman–Crippen MR) is 69.9 cm³/mol. The molecule has 1 atom stereocenters. The molecule has 1 aliphatic heterocycles. The molecule has 108 valence electrons. The predicted octanol–water partition coefficient (Wildman–Crippen LogP) is 0.974. The summed E-state index contributed by atoms with van der Waals surface area (Å²) in [6.07, 6.45) is -0.877. The second-order valence-corrected chi connectivity index (χ2v) is 6.50. The number of nitriles is 1. The Morgan fingerprint density at radius 1 is 1.55 bits per heavy atom. The highest BCUT2D eigenvalue weighted by atomic mass is 35.5. The van der Waals surface area contributed by atoms with Crippen LogP contribution >= 0.6 is 11.6 Å². The van der Waals surface area contributed by atoms with E-state index in [-0.39, 0.29) is 30.4 Å². The third-order valence-electron chi connectivity index (χ3n) is 2.82. The molecule has 0 bridgehead atoms. The molecule has 0 aliphatic carbocycles. The average Bonchev–Trinajstić information content (AvgIpc) is 2.42. The third kappa shape index (κ3) is 2.71. The van der Waals surface area contributed by atoms with Crippen LogP contribution in [0.3, 0.4) is 0 Å². The van der Waals surface area contributed by atoms with Gasteiger partial charge in [0.25, 0.3) is 0 Å². The lowest BCUT2D eigenvalue weighted by atomic mass is 10.3. The van der Waals surface area contributed by atoms with Gasteiger partial charge in [-0.05, 0) is 12.1 Å². The summed E-state index contributed by atoms with van der Waals surface area (Å²) in [5, 5.41) is 8.80. The zero-order valence-electron chi connectivity index (χ0n) is 10.2. The summed E-state index contributed by atoms with van der Waals surface area (Å²) in [5.74, 6) is -1.05. The highest BCUT2D eigenvalue weighted by Gasteiger charge is 2.33. The number of nitrogens with two attached hydrogens (primary N) is 1. The summed E-state index contributed by atoms with van der Waals surface area (Å²) in [7, 11) is -4.12. The van der Waals surface area contributed by atoms with E-state index >= 15 is 0 Å². The smallest absolute Gasteiger partial charge is 0.246 e. The Morgan fingerprint density at radius 3 is 2.90 bits per heavy atom. The highest BCUT2D eigenvalue weighted by Crippen LogP contribution is 2.28. The van der Waals surface area contributed by atoms with Crippen LogP contribution in [0.25, 0.3) is 0 Å². The monoisotopic (exact) mass is 319 g/mol. The molecule has 1 unspecified atom stereocenters. The van der Waals surface area contributed by atoms with E-state index in [1.165, 1.54) is 0 Å². The van der Waals surface area contributed by atoms with Gasteiger partial charge in [-0.2, -0.15) is 9.57 Å². The van der Waals surface area contributed by atoms with E-state index in [9.17, 15) is 12.8 Å². The van der Waals surface area contributed by atoms with E-state index in [1.807, 2.05) is 6.07 Å². The van der Waals surface area contributed by atoms with Gasteiger partial charge in [-0.25, -0.2) is 12.8 Å². The van der Waals surface area contributed by atoms with Gasteiger partial charge in [-0.1, -0.05) is 11.6 Å². The standard InChI is InChI=1S/C11H11ClFN3O3S/c12-7-3-9(15)11(13)10(4-7)20(17,18)16-1-2-19-8(5-14)6-16/h3-4,8H,1-2,6,15H2. The van der Waals surface area contributed by atoms with Crippen LogP contribution in [-0.4, -0.2) is 38.5 Å². The first kappa shape index (κ1) is 15.0. The summed E-state index contributed by atoms with van der Waals surface area (Å²) >= 11 is 5.72. The fourth-order valence-corrected chi connectivity index (χ4v) is 3.67. The molecule has 0 amide bonds. The lowest BCUT2D eigenvalue weighted by molar-refractivity contribution is 0.0311. The number of hydrogen-bond donors (Lipinski definition) is 1. The molecule has 2 rings (SSSR count). The Hall–Kier alpha value is -1.40. The lowest BCUT2D eigenvalue weighted by Crippen LogP contribution is -2.45. The van der Waals surface area contributed by atoms with Gasteiger partial charge < -0.3 is 10.5 Å². The van der Waals surface area contributed by atoms with Crippen molar-refractivity contribution in [3.63, 3.8) is 0 Å². The van der Waals surface area contributed by atoms with Crippen LogP contribution in [0.4, 0.5) is 10.1 Å². The van der Waals surface area contributed by atoms with Crippen molar-refractivity contribution in [2.45, 2.75) is 11.0 Å². The summed E-state index contributed by atoms with van der Waals surface area (Å²) in [4.78, 5) is -0.596. The van der Waals surface area contributed by atoms with Gasteiger partial charge in [-0.3, -0.25) is 0 Å². The van der Waals surface area contributed by atoms with Crippen LogP contribution < -0.4 is 5.73 Å². The van der Waals surface area contributed by atoms with E-state index in [0.29, 0.717) is 0 Å². The molecule has 1 aromatic rings. The zero-order valence-corrected chi connectivity index (χ0v) is 11.8. The number of nitrogen functional groups attached to an aromatic ring is 1. The quantitative estimate of drug-likeness (QED) is 0.819. The Morgan fingerprint density at radius 2 is 2.25 bits per heavy atom. The van der Waals surface area contributed by atoms with Crippen molar-refractivity contribution in [1.82, 2.24) is 4.31 Å². The topological polar surface area (TPSA) is 96.4 Å². The minimum atomic E-state index is -4.12. The van der Waals surface area contributed by atoms with Crippen LogP contribution in [-0.2, 0) is 14.8 Å². The van der Waals surface area contributed by atoms with E-state index in [2.05, 4.69) is 0 Å². The lowest BCUT2D eigenvalue weighted by Gasteiger charge is -2.29. The molecule has 0 radical (unpaired) electrons. The van der Waals surface area contributed by atoms with Crippen molar-refractivity contribution >= 4 is 27.3 Å². The first-order valence-electron chi connectivity index (χ1n) is 5.62. The maximum absolute atomic E-state index is 13.9. The van der Waals surface area contributed by atoms with Gasteiger partial charge in [0.1, 0.15) is 4.90 Å². The van der Waals surface area contributed by atoms with Crippen molar-refractivity contribution in [2.75, 3.05) is 25.4 Å². The van der Waals surface area contributed by atoms with E-state index in [1.54, 1.807) is 0 Å². The maximum atomic E-state index is 13.9. The number of hydrogen-bond acceptors (Lipinski definition) is 5. The van der Waals surface area contributed by atoms with Crippen LogP contribution in [0.5, 0.6) is 0 Å². The van der Waals surface area contributed by atoms with Crippen molar-refractivity contribution in [3.05, 3.63) is 23.0 Å². The zero-order chi connectivity index (χ0) is 14.9. The van der Waals surface area contributed by atoms with Crippen LogP contribution in [0.1, 0.15) is 0 Å². The van der Waals surface area contributed by atoms with Crippen molar-refractivity contribution in [3.8, 4) is 6.07 Å². The molecule has 0 saturated carbocycles. The maximum Gasteiger partial charge on any atom is 0.246 e. The fourth-order valence-electron chi connectivity index (χ4n) is 1.83. The second kappa shape index (κ2) is 5.54.